The molecule has 0 aliphatic carbocycles. The van der Waals surface area contributed by atoms with Crippen molar-refractivity contribution in [1.29, 1.82) is 0 Å². The minimum Gasteiger partial charge on any atom is -0.314 e. The second-order valence-corrected chi connectivity index (χ2v) is 5.28. The number of nitrogens with zero attached hydrogens (tertiary/aromatic N) is 2. The molecule has 2 aliphatic rings. The number of hydrogen-bond acceptors (Lipinski definition) is 4. The van der Waals surface area contributed by atoms with Crippen LogP contribution in [0.4, 0.5) is 5.69 Å². The van der Waals surface area contributed by atoms with E-state index < -0.39 is 0 Å². The van der Waals surface area contributed by atoms with Gasteiger partial charge in [-0.3, -0.25) is 9.63 Å². The number of carbonyl (C=O) groups is 1. The third-order valence-corrected chi connectivity index (χ3v) is 3.83. The monoisotopic (exact) mass is 275 g/mol. The predicted molar refractivity (Wildman–Crippen MR) is 77.5 cm³/mol. The Morgan fingerprint density at radius 3 is 2.85 bits per heavy atom. The minimum absolute atomic E-state index is 0.0456. The maximum atomic E-state index is 11.7. The van der Waals surface area contributed by atoms with Crippen LogP contribution < -0.4 is 10.4 Å². The molecule has 1 aromatic carbocycles. The number of hydroxylamine groups is 1. The molecule has 0 bridgehead atoms. The first kappa shape index (κ1) is 13.5. The Bertz CT molecular complexity index is 472. The Kier molecular flexibility index (Phi) is 4.30. The molecule has 2 fully saturated rings. The van der Waals surface area contributed by atoms with E-state index >= 15 is 0 Å². The quantitative estimate of drug-likeness (QED) is 0.883. The molecule has 0 radical (unpaired) electrons. The average molecular weight is 275 g/mol. The molecule has 1 N–H and O–H groups in total. The van der Waals surface area contributed by atoms with Gasteiger partial charge in [-0.05, 0) is 24.1 Å². The van der Waals surface area contributed by atoms with E-state index in [-0.39, 0.29) is 5.91 Å². The second-order valence-electron chi connectivity index (χ2n) is 5.28. The highest BCUT2D eigenvalue weighted by atomic mass is 16.7. The standard InChI is InChI=1S/C15H21N3O2/c19-15-5-11-20-18(15)14-3-1-2-13(12-14)4-8-17-9-6-16-7-10-17/h1-3,12,16H,4-11H2. The van der Waals surface area contributed by atoms with Crippen LogP contribution in [0.5, 0.6) is 0 Å². The summed E-state index contributed by atoms with van der Waals surface area (Å²) in [4.78, 5) is 19.5. The third kappa shape index (κ3) is 3.17. The number of hydrogen-bond donors (Lipinski definition) is 1. The molecule has 5 nitrogen and oxygen atoms in total. The zero-order chi connectivity index (χ0) is 13.8. The summed E-state index contributed by atoms with van der Waals surface area (Å²) >= 11 is 0. The van der Waals surface area contributed by atoms with Crippen molar-refractivity contribution in [3.05, 3.63) is 29.8 Å². The lowest BCUT2D eigenvalue weighted by Gasteiger charge is -2.27. The van der Waals surface area contributed by atoms with Crippen LogP contribution in [-0.2, 0) is 16.1 Å². The van der Waals surface area contributed by atoms with Crippen molar-refractivity contribution in [2.24, 2.45) is 0 Å². The van der Waals surface area contributed by atoms with Crippen molar-refractivity contribution in [3.8, 4) is 0 Å². The van der Waals surface area contributed by atoms with Crippen molar-refractivity contribution in [2.75, 3.05) is 44.4 Å². The van der Waals surface area contributed by atoms with Crippen LogP contribution in [0.2, 0.25) is 0 Å². The summed E-state index contributed by atoms with van der Waals surface area (Å²) in [7, 11) is 0. The SMILES string of the molecule is O=C1CCON1c1cccc(CCN2CCNCC2)c1. The van der Waals surface area contributed by atoms with Gasteiger partial charge in [-0.2, -0.15) is 5.06 Å². The molecule has 0 unspecified atom stereocenters. The van der Waals surface area contributed by atoms with Crippen LogP contribution in [0.15, 0.2) is 24.3 Å². The fourth-order valence-corrected chi connectivity index (χ4v) is 2.68. The average Bonchev–Trinajstić information content (AvgIpc) is 2.93. The largest absolute Gasteiger partial charge is 0.314 e. The second kappa shape index (κ2) is 6.35. The Morgan fingerprint density at radius 1 is 1.25 bits per heavy atom. The van der Waals surface area contributed by atoms with E-state index in [2.05, 4.69) is 22.3 Å². The Hall–Kier alpha value is -1.43. The fourth-order valence-electron chi connectivity index (χ4n) is 2.68. The number of amides is 1. The molecular formula is C15H21N3O2. The smallest absolute Gasteiger partial charge is 0.253 e. The Morgan fingerprint density at radius 2 is 2.10 bits per heavy atom. The van der Waals surface area contributed by atoms with E-state index in [0.717, 1.165) is 44.8 Å². The summed E-state index contributed by atoms with van der Waals surface area (Å²) in [6.45, 7) is 5.96. The fraction of sp³-hybridized carbons (Fsp3) is 0.533. The summed E-state index contributed by atoms with van der Waals surface area (Å²) in [6.07, 6.45) is 1.49. The van der Waals surface area contributed by atoms with Crippen molar-refractivity contribution >= 4 is 11.6 Å². The van der Waals surface area contributed by atoms with Gasteiger partial charge in [0, 0.05) is 32.7 Å². The molecule has 0 saturated carbocycles. The summed E-state index contributed by atoms with van der Waals surface area (Å²) in [5.41, 5.74) is 2.11. The molecule has 2 heterocycles. The summed E-state index contributed by atoms with van der Waals surface area (Å²) in [5.74, 6) is 0.0456. The molecule has 108 valence electrons. The van der Waals surface area contributed by atoms with Crippen molar-refractivity contribution < 1.29 is 9.63 Å². The molecule has 2 saturated heterocycles. The first-order valence-electron chi connectivity index (χ1n) is 7.31. The van der Waals surface area contributed by atoms with E-state index in [4.69, 9.17) is 4.84 Å². The van der Waals surface area contributed by atoms with Gasteiger partial charge in [0.1, 0.15) is 0 Å². The maximum Gasteiger partial charge on any atom is 0.253 e. The molecule has 1 amide bonds. The van der Waals surface area contributed by atoms with Gasteiger partial charge in [0.15, 0.2) is 0 Å². The molecule has 0 spiro atoms. The molecule has 1 aromatic rings. The van der Waals surface area contributed by atoms with Gasteiger partial charge >= 0.3 is 0 Å². The number of rotatable bonds is 4. The highest BCUT2D eigenvalue weighted by molar-refractivity contribution is 5.92. The van der Waals surface area contributed by atoms with Crippen LogP contribution >= 0.6 is 0 Å². The third-order valence-electron chi connectivity index (χ3n) is 3.83. The number of piperazine rings is 1. The zero-order valence-corrected chi connectivity index (χ0v) is 11.7. The van der Waals surface area contributed by atoms with Crippen molar-refractivity contribution in [2.45, 2.75) is 12.8 Å². The summed E-state index contributed by atoms with van der Waals surface area (Å²) in [6, 6.07) is 8.10. The first-order chi connectivity index (χ1) is 9.83. The van der Waals surface area contributed by atoms with Gasteiger partial charge in [-0.25, -0.2) is 0 Å². The number of nitrogens with one attached hydrogen (secondary N) is 1. The van der Waals surface area contributed by atoms with Gasteiger partial charge in [0.25, 0.3) is 5.91 Å². The van der Waals surface area contributed by atoms with Gasteiger partial charge < -0.3 is 10.2 Å². The van der Waals surface area contributed by atoms with E-state index in [0.29, 0.717) is 13.0 Å². The lowest BCUT2D eigenvalue weighted by molar-refractivity contribution is -0.119. The maximum absolute atomic E-state index is 11.7. The highest BCUT2D eigenvalue weighted by Gasteiger charge is 2.23. The van der Waals surface area contributed by atoms with Gasteiger partial charge in [0.2, 0.25) is 0 Å². The zero-order valence-electron chi connectivity index (χ0n) is 11.7. The van der Waals surface area contributed by atoms with E-state index in [1.165, 1.54) is 10.6 Å². The number of benzene rings is 1. The molecule has 3 rings (SSSR count). The molecule has 5 heteroatoms. The summed E-state index contributed by atoms with van der Waals surface area (Å²) in [5, 5.41) is 4.79. The lowest BCUT2D eigenvalue weighted by atomic mass is 10.1. The van der Waals surface area contributed by atoms with Gasteiger partial charge in [0.05, 0.1) is 18.7 Å². The molecule has 2 aliphatic heterocycles. The minimum atomic E-state index is 0.0456. The van der Waals surface area contributed by atoms with Crippen LogP contribution in [0, 0.1) is 0 Å². The number of carbonyl (C=O) groups excluding carboxylic acids is 1. The Balaban J connectivity index is 1.60. The van der Waals surface area contributed by atoms with E-state index in [9.17, 15) is 4.79 Å². The molecule has 20 heavy (non-hydrogen) atoms. The number of anilines is 1. The molecule has 0 aromatic heterocycles. The van der Waals surface area contributed by atoms with Gasteiger partial charge in [-0.1, -0.05) is 12.1 Å². The van der Waals surface area contributed by atoms with Crippen LogP contribution in [-0.4, -0.2) is 50.1 Å². The van der Waals surface area contributed by atoms with Crippen LogP contribution in [0.25, 0.3) is 0 Å². The Labute approximate surface area is 119 Å². The van der Waals surface area contributed by atoms with Gasteiger partial charge in [-0.15, -0.1) is 0 Å². The van der Waals surface area contributed by atoms with Crippen LogP contribution in [0.3, 0.4) is 0 Å². The van der Waals surface area contributed by atoms with E-state index in [1.807, 2.05) is 12.1 Å². The van der Waals surface area contributed by atoms with Crippen LogP contribution in [0.1, 0.15) is 12.0 Å². The first-order valence-corrected chi connectivity index (χ1v) is 7.31. The van der Waals surface area contributed by atoms with Crippen molar-refractivity contribution in [1.82, 2.24) is 10.2 Å². The van der Waals surface area contributed by atoms with Crippen molar-refractivity contribution in [3.63, 3.8) is 0 Å². The lowest BCUT2D eigenvalue weighted by Crippen LogP contribution is -2.44. The van der Waals surface area contributed by atoms with E-state index in [1.54, 1.807) is 0 Å². The summed E-state index contributed by atoms with van der Waals surface area (Å²) < 4.78 is 0. The molecular weight excluding hydrogens is 254 g/mol. The normalized spacial score (nSPS) is 20.6. The highest BCUT2D eigenvalue weighted by Crippen LogP contribution is 2.21. The topological polar surface area (TPSA) is 44.8 Å². The molecule has 0 atom stereocenters. The predicted octanol–water partition coefficient (Wildman–Crippen LogP) is 0.803.